The molecule has 0 atom stereocenters. The monoisotopic (exact) mass is 746 g/mol. The number of hydrogen-bond acceptors (Lipinski definition) is 1. The Morgan fingerprint density at radius 2 is 1.24 bits per heavy atom. The number of allylic oxidation sites excluding steroid dienone is 6. The summed E-state index contributed by atoms with van der Waals surface area (Å²) in [5.74, 6) is 0. The average molecular weight is 747 g/mol. The molecule has 0 N–H and O–H groups in total. The molecule has 280 valence electrons. The van der Waals surface area contributed by atoms with E-state index in [0.29, 0.717) is 0 Å². The van der Waals surface area contributed by atoms with Gasteiger partial charge in [-0.1, -0.05) is 164 Å². The zero-order valence-corrected chi connectivity index (χ0v) is 33.3. The van der Waals surface area contributed by atoms with Gasteiger partial charge in [0.2, 0.25) is 0 Å². The highest BCUT2D eigenvalue weighted by atomic mass is 15.1. The van der Waals surface area contributed by atoms with Crippen molar-refractivity contribution >= 4 is 66.9 Å². The second-order valence-corrected chi connectivity index (χ2v) is 14.9. The van der Waals surface area contributed by atoms with Crippen molar-refractivity contribution in [1.29, 1.82) is 0 Å². The van der Waals surface area contributed by atoms with Gasteiger partial charge in [0.1, 0.15) is 0 Å². The molecule has 2 nitrogen and oxygen atoms in total. The summed E-state index contributed by atoms with van der Waals surface area (Å²) in [5, 5.41) is 9.90. The zero-order valence-electron chi connectivity index (χ0n) is 33.3. The molecule has 9 rings (SSSR count). The number of benzene rings is 8. The van der Waals surface area contributed by atoms with Crippen LogP contribution in [0.5, 0.6) is 0 Å². The number of hydrogen-bond donors (Lipinski definition) is 0. The van der Waals surface area contributed by atoms with Crippen LogP contribution in [0.4, 0.5) is 11.4 Å². The van der Waals surface area contributed by atoms with Crippen LogP contribution in [0.1, 0.15) is 27.2 Å². The van der Waals surface area contributed by atoms with Crippen LogP contribution in [0.3, 0.4) is 0 Å². The molecule has 58 heavy (non-hydrogen) atoms. The Bertz CT molecular complexity index is 3180. The minimum atomic E-state index is 0.851. The van der Waals surface area contributed by atoms with Gasteiger partial charge in [-0.3, -0.25) is 0 Å². The Morgan fingerprint density at radius 3 is 2.02 bits per heavy atom. The van der Waals surface area contributed by atoms with Gasteiger partial charge in [0.05, 0.1) is 11.0 Å². The van der Waals surface area contributed by atoms with E-state index < -0.39 is 0 Å². The average Bonchev–Trinajstić information content (AvgIpc) is 3.60. The molecule has 0 saturated carbocycles. The summed E-state index contributed by atoms with van der Waals surface area (Å²) in [6.07, 6.45) is 14.1. The first-order valence-electron chi connectivity index (χ1n) is 20.3. The van der Waals surface area contributed by atoms with Crippen LogP contribution < -0.4 is 15.3 Å². The number of fused-ring (bicyclic) bond motifs is 5. The van der Waals surface area contributed by atoms with Gasteiger partial charge in [0.25, 0.3) is 0 Å². The van der Waals surface area contributed by atoms with Crippen LogP contribution in [0.25, 0.3) is 72.3 Å². The van der Waals surface area contributed by atoms with Crippen molar-refractivity contribution in [3.63, 3.8) is 0 Å². The highest BCUT2D eigenvalue weighted by Gasteiger charge is 2.19. The van der Waals surface area contributed by atoms with E-state index in [0.717, 1.165) is 23.5 Å². The molecule has 1 aromatic heterocycles. The SMILES string of the molecule is C/C=c1/cccc/c1=C/C=C/C(C)=C/C=C(\CC)N(c1cccc(-c2cccc3c2c2cc4ccccc4cc2n3-c2ccccc2)c1)c1ccc2ccccc2c1. The lowest BCUT2D eigenvalue weighted by Crippen LogP contribution is -2.22. The Morgan fingerprint density at radius 1 is 0.569 bits per heavy atom. The fourth-order valence-electron chi connectivity index (χ4n) is 8.32. The van der Waals surface area contributed by atoms with E-state index in [1.807, 2.05) is 0 Å². The molecule has 9 aromatic rings. The van der Waals surface area contributed by atoms with E-state index in [2.05, 4.69) is 243 Å². The predicted molar refractivity (Wildman–Crippen MR) is 251 cm³/mol. The zero-order chi connectivity index (χ0) is 39.4. The highest BCUT2D eigenvalue weighted by Crippen LogP contribution is 2.42. The van der Waals surface area contributed by atoms with Crippen molar-refractivity contribution in [3.05, 3.63) is 222 Å². The van der Waals surface area contributed by atoms with E-state index in [4.69, 9.17) is 0 Å². The van der Waals surface area contributed by atoms with Gasteiger partial charge in [-0.2, -0.15) is 0 Å². The predicted octanol–water partition coefficient (Wildman–Crippen LogP) is 14.0. The number of rotatable bonds is 9. The van der Waals surface area contributed by atoms with Gasteiger partial charge < -0.3 is 9.47 Å². The molecule has 0 aliphatic rings. The molecule has 0 aliphatic heterocycles. The molecule has 2 heteroatoms. The molecule has 0 fully saturated rings. The Balaban J connectivity index is 1.20. The van der Waals surface area contributed by atoms with Crippen molar-refractivity contribution < 1.29 is 0 Å². The first-order chi connectivity index (χ1) is 28.6. The van der Waals surface area contributed by atoms with Crippen molar-refractivity contribution in [2.45, 2.75) is 27.2 Å². The van der Waals surface area contributed by atoms with Crippen LogP contribution in [-0.4, -0.2) is 4.57 Å². The highest BCUT2D eigenvalue weighted by molar-refractivity contribution is 6.18. The maximum atomic E-state index is 2.43. The first-order valence-corrected chi connectivity index (χ1v) is 20.3. The van der Waals surface area contributed by atoms with Gasteiger partial charge in [0, 0.05) is 33.5 Å². The lowest BCUT2D eigenvalue weighted by atomic mass is 9.97. The summed E-state index contributed by atoms with van der Waals surface area (Å²) in [4.78, 5) is 2.43. The van der Waals surface area contributed by atoms with Gasteiger partial charge in [-0.15, -0.1) is 0 Å². The van der Waals surface area contributed by atoms with Crippen molar-refractivity contribution in [2.24, 2.45) is 0 Å². The molecule has 0 bridgehead atoms. The second-order valence-electron chi connectivity index (χ2n) is 14.9. The summed E-state index contributed by atoms with van der Waals surface area (Å²) in [5.41, 5.74) is 10.6. The van der Waals surface area contributed by atoms with E-state index in [1.54, 1.807) is 0 Å². The minimum Gasteiger partial charge on any atom is -0.314 e. The van der Waals surface area contributed by atoms with Crippen molar-refractivity contribution in [1.82, 2.24) is 4.57 Å². The molecule has 8 aromatic carbocycles. The normalized spacial score (nSPS) is 13.2. The van der Waals surface area contributed by atoms with Gasteiger partial charge >= 0.3 is 0 Å². The quantitative estimate of drug-likeness (QED) is 0.134. The van der Waals surface area contributed by atoms with E-state index >= 15 is 0 Å². The topological polar surface area (TPSA) is 8.17 Å². The lowest BCUT2D eigenvalue weighted by molar-refractivity contribution is 1.01. The molecule has 0 unspecified atom stereocenters. The van der Waals surface area contributed by atoms with Crippen LogP contribution in [0.15, 0.2) is 211 Å². The van der Waals surface area contributed by atoms with Crippen molar-refractivity contribution in [3.8, 4) is 16.8 Å². The lowest BCUT2D eigenvalue weighted by Gasteiger charge is -2.28. The maximum Gasteiger partial charge on any atom is 0.0547 e. The van der Waals surface area contributed by atoms with E-state index in [9.17, 15) is 0 Å². The molecular weight excluding hydrogens is 701 g/mol. The largest absolute Gasteiger partial charge is 0.314 e. The van der Waals surface area contributed by atoms with E-state index in [1.165, 1.54) is 76.2 Å². The molecule has 0 amide bonds. The first kappa shape index (κ1) is 36.5. The standard InChI is InChI=1S/C56H46N2/c1-4-41-19-9-10-20-42(41)25-15-18-40(3)32-34-48(5-2)57(51-35-33-43-21-11-12-22-44(43)36-51)50-29-16-26-47(37-50)52-30-17-31-54-56(52)53-38-45-23-13-14-24-46(45)39-55(53)58(54)49-27-7-6-8-28-49/h4,6-39H,5H2,1-3H3/b18-15+,40-32+,41-4-,42-25-,48-34+. The second kappa shape index (κ2) is 16.1. The van der Waals surface area contributed by atoms with E-state index in [-0.39, 0.29) is 0 Å². The third-order valence-electron chi connectivity index (χ3n) is 11.2. The summed E-state index contributed by atoms with van der Waals surface area (Å²) in [7, 11) is 0. The molecule has 0 aliphatic carbocycles. The van der Waals surface area contributed by atoms with Crippen molar-refractivity contribution in [2.75, 3.05) is 4.90 Å². The fourth-order valence-corrected chi connectivity index (χ4v) is 8.32. The number of anilines is 2. The summed E-state index contributed by atoms with van der Waals surface area (Å²) >= 11 is 0. The van der Waals surface area contributed by atoms with Gasteiger partial charge in [-0.25, -0.2) is 0 Å². The van der Waals surface area contributed by atoms with Crippen LogP contribution in [0.2, 0.25) is 0 Å². The fraction of sp³-hybridized carbons (Fsp3) is 0.0714. The third kappa shape index (κ3) is 7.06. The third-order valence-corrected chi connectivity index (χ3v) is 11.2. The summed E-state index contributed by atoms with van der Waals surface area (Å²) in [6, 6.07) is 63.9. The molecule has 0 saturated heterocycles. The summed E-state index contributed by atoms with van der Waals surface area (Å²) in [6.45, 7) is 6.50. The Hall–Kier alpha value is -7.16. The minimum absolute atomic E-state index is 0.851. The summed E-state index contributed by atoms with van der Waals surface area (Å²) < 4.78 is 2.42. The number of para-hydroxylation sites is 1. The number of nitrogens with zero attached hydrogens (tertiary/aromatic N) is 2. The molecule has 0 radical (unpaired) electrons. The molecular formula is C56H46N2. The van der Waals surface area contributed by atoms with Gasteiger partial charge in [0.15, 0.2) is 0 Å². The van der Waals surface area contributed by atoms with Crippen LogP contribution in [0, 0.1) is 0 Å². The van der Waals surface area contributed by atoms with Gasteiger partial charge in [-0.05, 0) is 124 Å². The van der Waals surface area contributed by atoms with Crippen LogP contribution >= 0.6 is 0 Å². The number of aromatic nitrogens is 1. The Kier molecular flexibility index (Phi) is 10.1. The Labute approximate surface area is 340 Å². The maximum absolute atomic E-state index is 2.43. The van der Waals surface area contributed by atoms with Crippen LogP contribution in [-0.2, 0) is 0 Å². The molecule has 0 spiro atoms. The molecule has 1 heterocycles. The smallest absolute Gasteiger partial charge is 0.0547 e.